The van der Waals surface area contributed by atoms with Gasteiger partial charge in [-0.05, 0) is 82.1 Å². The molecule has 0 bridgehead atoms. The molecule has 1 heterocycles. The maximum absolute atomic E-state index is 5.83. The molecule has 0 amide bonds. The summed E-state index contributed by atoms with van der Waals surface area (Å²) in [6.07, 6.45) is 1.14. The van der Waals surface area contributed by atoms with Crippen molar-refractivity contribution in [3.05, 3.63) is 35.9 Å². The molecule has 1 aromatic rings. The molecule has 7 nitrogen and oxygen atoms in total. The van der Waals surface area contributed by atoms with Gasteiger partial charge in [-0.2, -0.15) is 4.52 Å². The zero-order valence-corrected chi connectivity index (χ0v) is 22.5. The lowest BCUT2D eigenvalue weighted by Gasteiger charge is -2.49. The highest BCUT2D eigenvalue weighted by molar-refractivity contribution is 7.71. The molecule has 1 saturated heterocycles. The molecule has 0 aromatic heterocycles. The van der Waals surface area contributed by atoms with Gasteiger partial charge in [-0.3, -0.25) is 14.0 Å². The summed E-state index contributed by atoms with van der Waals surface area (Å²) in [4.78, 5) is 0. The van der Waals surface area contributed by atoms with Gasteiger partial charge in [0.25, 0.3) is 0 Å². The van der Waals surface area contributed by atoms with Crippen LogP contribution in [-0.4, -0.2) is 91.3 Å². The summed E-state index contributed by atoms with van der Waals surface area (Å²) < 4.78 is 23.3. The Morgan fingerprint density at radius 3 is 1.93 bits per heavy atom. The Morgan fingerprint density at radius 2 is 1.47 bits per heavy atom. The van der Waals surface area contributed by atoms with Crippen molar-refractivity contribution >= 4 is 15.0 Å². The topological polar surface area (TPSA) is 40.9 Å². The minimum atomic E-state index is -2.32. The average Bonchev–Trinajstić information content (AvgIpc) is 2.62. The van der Waals surface area contributed by atoms with E-state index in [0.29, 0.717) is 0 Å². The third-order valence-corrected chi connectivity index (χ3v) is 13.5. The number of nitrogens with zero attached hydrogens (tertiary/aromatic N) is 7. The van der Waals surface area contributed by atoms with E-state index in [1.54, 1.807) is 0 Å². The average molecular weight is 456 g/mol. The molecule has 1 aliphatic heterocycles. The number of hydrogen-bond acceptors (Lipinski definition) is 1. The van der Waals surface area contributed by atoms with Crippen LogP contribution in [0.5, 0.6) is 0 Å². The standard InChI is InChI=1S/C21H43N7P2/c1-21(2,3)22-29(23-30(24(4)5,25(6)7)26(8)9)27(10)17-14-18-28(29)19-20-15-12-11-13-16-20/h11-13,15-16H,14,17-19H2,1-10H3. The van der Waals surface area contributed by atoms with Gasteiger partial charge in [0, 0.05) is 19.6 Å². The molecule has 0 radical (unpaired) electrons. The van der Waals surface area contributed by atoms with Crippen LogP contribution in [0.4, 0.5) is 0 Å². The van der Waals surface area contributed by atoms with Gasteiger partial charge in [0.2, 0.25) is 7.51 Å². The molecule has 0 N–H and O–H groups in total. The highest BCUT2D eigenvalue weighted by atomic mass is 31.2. The van der Waals surface area contributed by atoms with Crippen molar-refractivity contribution in [3.63, 3.8) is 0 Å². The molecule has 172 valence electrons. The predicted molar refractivity (Wildman–Crippen MR) is 134 cm³/mol. The maximum Gasteiger partial charge on any atom is 0.214 e. The van der Waals surface area contributed by atoms with Gasteiger partial charge in [0.05, 0.1) is 5.54 Å². The Morgan fingerprint density at radius 1 is 0.933 bits per heavy atom. The maximum atomic E-state index is 5.83. The van der Waals surface area contributed by atoms with Crippen LogP contribution in [0.2, 0.25) is 0 Å². The van der Waals surface area contributed by atoms with Crippen molar-refractivity contribution in [1.82, 2.24) is 23.4 Å². The molecule has 0 saturated carbocycles. The highest BCUT2D eigenvalue weighted by Crippen LogP contribution is 2.70. The van der Waals surface area contributed by atoms with E-state index in [9.17, 15) is 0 Å². The number of benzene rings is 1. The molecule has 1 unspecified atom stereocenters. The first-order chi connectivity index (χ1) is 13.8. The molecule has 0 spiro atoms. The first kappa shape index (κ1) is 25.7. The molecule has 1 fully saturated rings. The molecule has 1 aliphatic rings. The van der Waals surface area contributed by atoms with Gasteiger partial charge in [-0.25, -0.2) is 14.1 Å². The summed E-state index contributed by atoms with van der Waals surface area (Å²) in [5.74, 6) is 0. The van der Waals surface area contributed by atoms with E-state index >= 15 is 0 Å². The summed E-state index contributed by atoms with van der Waals surface area (Å²) >= 11 is 0. The number of rotatable bonds is 6. The van der Waals surface area contributed by atoms with Gasteiger partial charge >= 0.3 is 0 Å². The third kappa shape index (κ3) is 5.45. The van der Waals surface area contributed by atoms with Gasteiger partial charge in [0.15, 0.2) is 7.51 Å². The lowest BCUT2D eigenvalue weighted by atomic mass is 10.1. The summed E-state index contributed by atoms with van der Waals surface area (Å²) in [6, 6.07) is 10.8. The quantitative estimate of drug-likeness (QED) is 0.552. The normalized spacial score (nSPS) is 22.2. The zero-order chi connectivity index (χ0) is 22.7. The summed E-state index contributed by atoms with van der Waals surface area (Å²) in [7, 11) is 10.7. The van der Waals surface area contributed by atoms with E-state index in [0.717, 1.165) is 26.1 Å². The van der Waals surface area contributed by atoms with Gasteiger partial charge in [-0.15, -0.1) is 0 Å². The van der Waals surface area contributed by atoms with Crippen LogP contribution in [0, 0.1) is 0 Å². The predicted octanol–water partition coefficient (Wildman–Crippen LogP) is 5.20. The highest BCUT2D eigenvalue weighted by Gasteiger charge is 2.42. The summed E-state index contributed by atoms with van der Waals surface area (Å²) in [5, 5.41) is 0. The smallest absolute Gasteiger partial charge is 0.214 e. The van der Waals surface area contributed by atoms with Gasteiger partial charge < -0.3 is 0 Å². The molecule has 1 aromatic carbocycles. The van der Waals surface area contributed by atoms with Crippen molar-refractivity contribution in [2.75, 3.05) is 62.4 Å². The molecule has 1 atom stereocenters. The van der Waals surface area contributed by atoms with Crippen LogP contribution in [0.3, 0.4) is 0 Å². The van der Waals surface area contributed by atoms with Crippen LogP contribution < -0.4 is 0 Å². The molecular weight excluding hydrogens is 412 g/mol. The fourth-order valence-electron chi connectivity index (χ4n) is 4.10. The minimum absolute atomic E-state index is 0.182. The fourth-order valence-corrected chi connectivity index (χ4v) is 13.3. The van der Waals surface area contributed by atoms with Crippen molar-refractivity contribution < 1.29 is 0 Å². The molecular formula is C21H43N7P2. The first-order valence-corrected chi connectivity index (χ1v) is 13.9. The monoisotopic (exact) mass is 455 g/mol. The van der Waals surface area contributed by atoms with Crippen LogP contribution in [0.25, 0.3) is 0 Å². The van der Waals surface area contributed by atoms with Gasteiger partial charge in [0.1, 0.15) is 0 Å². The van der Waals surface area contributed by atoms with E-state index in [4.69, 9.17) is 9.26 Å². The lowest BCUT2D eigenvalue weighted by Crippen LogP contribution is -2.39. The Balaban J connectivity index is 2.85. The lowest BCUT2D eigenvalue weighted by molar-refractivity contribution is 0.327. The van der Waals surface area contributed by atoms with Gasteiger partial charge in [-0.1, -0.05) is 30.3 Å². The molecule has 30 heavy (non-hydrogen) atoms. The largest absolute Gasteiger partial charge is 0.252 e. The van der Waals surface area contributed by atoms with Crippen molar-refractivity contribution in [2.45, 2.75) is 39.3 Å². The second kappa shape index (κ2) is 9.95. The van der Waals surface area contributed by atoms with Crippen molar-refractivity contribution in [3.8, 4) is 0 Å². The van der Waals surface area contributed by atoms with Crippen LogP contribution in [0.1, 0.15) is 32.8 Å². The Kier molecular flexibility index (Phi) is 8.54. The van der Waals surface area contributed by atoms with Crippen LogP contribution >= 0.6 is 15.0 Å². The second-order valence-electron chi connectivity index (χ2n) is 9.58. The van der Waals surface area contributed by atoms with Crippen LogP contribution in [0.15, 0.2) is 39.6 Å². The molecule has 0 aliphatic carbocycles. The number of hydrogen-bond donors (Lipinski definition) is 0. The van der Waals surface area contributed by atoms with Crippen LogP contribution in [-0.2, 0) is 6.54 Å². The van der Waals surface area contributed by atoms with E-state index in [-0.39, 0.29) is 5.54 Å². The first-order valence-electron chi connectivity index (χ1n) is 10.7. The van der Waals surface area contributed by atoms with E-state index in [1.165, 1.54) is 5.56 Å². The molecule has 9 heteroatoms. The van der Waals surface area contributed by atoms with E-state index < -0.39 is 15.0 Å². The van der Waals surface area contributed by atoms with Crippen molar-refractivity contribution in [2.24, 2.45) is 9.26 Å². The SMILES string of the molecule is CN1CCCN(Cc2ccccc2)P1(=NC(C)(C)C)N=P(N(C)C)(N(C)C)N(C)C. The fraction of sp³-hybridized carbons (Fsp3) is 0.714. The van der Waals surface area contributed by atoms with E-state index in [2.05, 4.69) is 124 Å². The minimum Gasteiger partial charge on any atom is -0.252 e. The zero-order valence-electron chi connectivity index (χ0n) is 20.7. The summed E-state index contributed by atoms with van der Waals surface area (Å²) in [6.45, 7) is 9.52. The Hall–Kier alpha value is -0.520. The third-order valence-electron chi connectivity index (χ3n) is 5.23. The molecule has 2 rings (SSSR count). The Bertz CT molecular complexity index is 769. The Labute approximate surface area is 185 Å². The second-order valence-corrected chi connectivity index (χ2v) is 16.3. The van der Waals surface area contributed by atoms with Crippen molar-refractivity contribution in [1.29, 1.82) is 0 Å². The summed E-state index contributed by atoms with van der Waals surface area (Å²) in [5.41, 5.74) is 1.14. The van der Waals surface area contributed by atoms with E-state index in [1.807, 2.05) is 0 Å².